The fourth-order valence-corrected chi connectivity index (χ4v) is 1.94. The highest BCUT2D eigenvalue weighted by Crippen LogP contribution is 2.22. The normalized spacial score (nSPS) is 12.4. The number of hydrogen-bond acceptors (Lipinski definition) is 2. The van der Waals surface area contributed by atoms with Crippen molar-refractivity contribution in [2.45, 2.75) is 53.1 Å². The molecule has 1 unspecified atom stereocenters. The van der Waals surface area contributed by atoms with Crippen LogP contribution in [0.5, 0.6) is 5.75 Å². The number of rotatable bonds is 8. The van der Waals surface area contributed by atoms with Crippen LogP contribution in [0.1, 0.15) is 44.2 Å². The second-order valence-corrected chi connectivity index (χ2v) is 5.02. The van der Waals surface area contributed by atoms with Gasteiger partial charge in [0, 0.05) is 0 Å². The largest absolute Gasteiger partial charge is 0.490 e. The summed E-state index contributed by atoms with van der Waals surface area (Å²) in [5.41, 5.74) is 2.55. The average molecular weight is 249 g/mol. The van der Waals surface area contributed by atoms with Crippen LogP contribution in [-0.2, 0) is 0 Å². The molecule has 0 amide bonds. The van der Waals surface area contributed by atoms with Gasteiger partial charge in [-0.15, -0.1) is 0 Å². The molecule has 1 aromatic carbocycles. The molecule has 1 rings (SSSR count). The monoisotopic (exact) mass is 249 g/mol. The molecule has 0 radical (unpaired) electrons. The number of ether oxygens (including phenoxy) is 1. The Labute approximate surface area is 112 Å². The molecule has 0 heterocycles. The van der Waals surface area contributed by atoms with E-state index in [1.54, 1.807) is 0 Å². The van der Waals surface area contributed by atoms with Crippen LogP contribution in [0.15, 0.2) is 18.2 Å². The molecule has 0 bridgehead atoms. The van der Waals surface area contributed by atoms with Crippen LogP contribution < -0.4 is 10.1 Å². The van der Waals surface area contributed by atoms with Gasteiger partial charge in [-0.3, -0.25) is 0 Å². The Balaban J connectivity index is 2.31. The molecule has 2 heteroatoms. The third-order valence-corrected chi connectivity index (χ3v) is 3.27. The molecule has 1 atom stereocenters. The van der Waals surface area contributed by atoms with Gasteiger partial charge in [0.1, 0.15) is 5.75 Å². The van der Waals surface area contributed by atoms with E-state index in [4.69, 9.17) is 4.74 Å². The molecule has 0 spiro atoms. The van der Waals surface area contributed by atoms with Crippen LogP contribution in [0.3, 0.4) is 0 Å². The quantitative estimate of drug-likeness (QED) is 0.707. The van der Waals surface area contributed by atoms with Crippen LogP contribution in [0.4, 0.5) is 0 Å². The van der Waals surface area contributed by atoms with Crippen molar-refractivity contribution >= 4 is 0 Å². The van der Waals surface area contributed by atoms with Crippen molar-refractivity contribution in [3.05, 3.63) is 29.3 Å². The first-order valence-corrected chi connectivity index (χ1v) is 7.08. The third-order valence-electron chi connectivity index (χ3n) is 3.27. The smallest absolute Gasteiger partial charge is 0.122 e. The van der Waals surface area contributed by atoms with Crippen molar-refractivity contribution in [1.29, 1.82) is 0 Å². The van der Waals surface area contributed by atoms with E-state index in [2.05, 4.69) is 51.2 Å². The minimum atomic E-state index is 0.286. The summed E-state index contributed by atoms with van der Waals surface area (Å²) >= 11 is 0. The predicted molar refractivity (Wildman–Crippen MR) is 78.4 cm³/mol. The molecular formula is C16H27NO. The van der Waals surface area contributed by atoms with Gasteiger partial charge < -0.3 is 10.1 Å². The molecular weight excluding hydrogens is 222 g/mol. The third kappa shape index (κ3) is 5.09. The molecule has 0 saturated heterocycles. The van der Waals surface area contributed by atoms with E-state index in [0.717, 1.165) is 25.3 Å². The van der Waals surface area contributed by atoms with E-state index in [0.29, 0.717) is 0 Å². The topological polar surface area (TPSA) is 21.3 Å². The molecule has 0 aromatic heterocycles. The summed E-state index contributed by atoms with van der Waals surface area (Å²) < 4.78 is 6.00. The van der Waals surface area contributed by atoms with Crippen molar-refractivity contribution in [3.63, 3.8) is 0 Å². The van der Waals surface area contributed by atoms with Gasteiger partial charge in [0.05, 0.1) is 6.10 Å². The Bertz CT molecular complexity index is 349. The zero-order valence-electron chi connectivity index (χ0n) is 12.3. The van der Waals surface area contributed by atoms with E-state index in [-0.39, 0.29) is 6.10 Å². The second kappa shape index (κ2) is 8.15. The lowest BCUT2D eigenvalue weighted by Gasteiger charge is -2.17. The molecule has 0 fully saturated rings. The number of hydrogen-bond donors (Lipinski definition) is 1. The summed E-state index contributed by atoms with van der Waals surface area (Å²) in [5, 5.41) is 3.42. The maximum absolute atomic E-state index is 6.00. The SMILES string of the molecule is CCCNCCCC(C)Oc1cccc(C)c1C. The summed E-state index contributed by atoms with van der Waals surface area (Å²) in [6.45, 7) is 10.8. The molecule has 18 heavy (non-hydrogen) atoms. The first-order valence-electron chi connectivity index (χ1n) is 7.08. The van der Waals surface area contributed by atoms with Crippen LogP contribution >= 0.6 is 0 Å². The lowest BCUT2D eigenvalue weighted by molar-refractivity contribution is 0.206. The summed E-state index contributed by atoms with van der Waals surface area (Å²) in [6, 6.07) is 6.25. The Morgan fingerprint density at radius 3 is 2.72 bits per heavy atom. The van der Waals surface area contributed by atoms with Crippen LogP contribution in [0, 0.1) is 13.8 Å². The molecule has 1 N–H and O–H groups in total. The van der Waals surface area contributed by atoms with Gasteiger partial charge in [-0.25, -0.2) is 0 Å². The molecule has 1 aromatic rings. The second-order valence-electron chi connectivity index (χ2n) is 5.02. The Hall–Kier alpha value is -1.02. The van der Waals surface area contributed by atoms with Crippen LogP contribution in [-0.4, -0.2) is 19.2 Å². The zero-order valence-corrected chi connectivity index (χ0v) is 12.3. The number of aryl methyl sites for hydroxylation is 1. The van der Waals surface area contributed by atoms with Crippen LogP contribution in [0.25, 0.3) is 0 Å². The summed E-state index contributed by atoms with van der Waals surface area (Å²) in [5.74, 6) is 1.03. The van der Waals surface area contributed by atoms with Gasteiger partial charge in [-0.1, -0.05) is 19.1 Å². The average Bonchev–Trinajstić information content (AvgIpc) is 2.35. The Morgan fingerprint density at radius 1 is 1.22 bits per heavy atom. The maximum atomic E-state index is 6.00. The molecule has 0 aliphatic rings. The highest BCUT2D eigenvalue weighted by atomic mass is 16.5. The van der Waals surface area contributed by atoms with Gasteiger partial charge in [0.25, 0.3) is 0 Å². The van der Waals surface area contributed by atoms with E-state index in [9.17, 15) is 0 Å². The van der Waals surface area contributed by atoms with E-state index in [1.807, 2.05) is 0 Å². The number of nitrogens with one attached hydrogen (secondary N) is 1. The lowest BCUT2D eigenvalue weighted by Crippen LogP contribution is -2.19. The van der Waals surface area contributed by atoms with Crippen molar-refractivity contribution in [2.24, 2.45) is 0 Å². The first kappa shape index (κ1) is 15.0. The molecule has 0 aliphatic heterocycles. The lowest BCUT2D eigenvalue weighted by atomic mass is 10.1. The zero-order chi connectivity index (χ0) is 13.4. The molecule has 0 saturated carbocycles. The van der Waals surface area contributed by atoms with Gasteiger partial charge >= 0.3 is 0 Å². The summed E-state index contributed by atoms with van der Waals surface area (Å²) in [6.07, 6.45) is 3.76. The fraction of sp³-hybridized carbons (Fsp3) is 0.625. The van der Waals surface area contributed by atoms with Crippen molar-refractivity contribution < 1.29 is 4.74 Å². The first-order chi connectivity index (χ1) is 8.65. The maximum Gasteiger partial charge on any atom is 0.122 e. The van der Waals surface area contributed by atoms with E-state index in [1.165, 1.54) is 24.0 Å². The van der Waals surface area contributed by atoms with Crippen molar-refractivity contribution in [2.75, 3.05) is 13.1 Å². The Morgan fingerprint density at radius 2 is 2.00 bits per heavy atom. The standard InChI is InChI=1S/C16H27NO/c1-5-11-17-12-7-9-14(3)18-16-10-6-8-13(2)15(16)4/h6,8,10,14,17H,5,7,9,11-12H2,1-4H3. The van der Waals surface area contributed by atoms with Crippen LogP contribution in [0.2, 0.25) is 0 Å². The Kier molecular flexibility index (Phi) is 6.81. The van der Waals surface area contributed by atoms with Crippen molar-refractivity contribution in [3.8, 4) is 5.75 Å². The predicted octanol–water partition coefficient (Wildman–Crippen LogP) is 3.85. The highest BCUT2D eigenvalue weighted by Gasteiger charge is 2.07. The molecule has 102 valence electrons. The highest BCUT2D eigenvalue weighted by molar-refractivity contribution is 5.38. The van der Waals surface area contributed by atoms with Gasteiger partial charge in [0.15, 0.2) is 0 Å². The van der Waals surface area contributed by atoms with Gasteiger partial charge in [-0.2, -0.15) is 0 Å². The van der Waals surface area contributed by atoms with Gasteiger partial charge in [0.2, 0.25) is 0 Å². The fourth-order valence-electron chi connectivity index (χ4n) is 1.94. The minimum absolute atomic E-state index is 0.286. The molecule has 2 nitrogen and oxygen atoms in total. The summed E-state index contributed by atoms with van der Waals surface area (Å²) in [7, 11) is 0. The summed E-state index contributed by atoms with van der Waals surface area (Å²) in [4.78, 5) is 0. The van der Waals surface area contributed by atoms with E-state index < -0.39 is 0 Å². The van der Waals surface area contributed by atoms with E-state index >= 15 is 0 Å². The van der Waals surface area contributed by atoms with Gasteiger partial charge in [-0.05, 0) is 70.3 Å². The number of benzene rings is 1. The minimum Gasteiger partial charge on any atom is -0.490 e. The molecule has 0 aliphatic carbocycles. The van der Waals surface area contributed by atoms with Crippen molar-refractivity contribution in [1.82, 2.24) is 5.32 Å².